The normalized spacial score (nSPS) is 37.3. The summed E-state index contributed by atoms with van der Waals surface area (Å²) in [6, 6.07) is 12.0. The Bertz CT molecular complexity index is 1610. The predicted molar refractivity (Wildman–Crippen MR) is 192 cm³/mol. The molecule has 0 radical (unpaired) electrons. The lowest BCUT2D eigenvalue weighted by molar-refractivity contribution is -0.255. The first-order valence-electron chi connectivity index (χ1n) is 17.8. The number of nitrogens with one attached hydrogen (secondary N) is 1. The van der Waals surface area contributed by atoms with Crippen molar-refractivity contribution in [2.24, 2.45) is 23.7 Å². The lowest BCUT2D eigenvalue weighted by Gasteiger charge is -2.48. The summed E-state index contributed by atoms with van der Waals surface area (Å²) in [5.41, 5.74) is 3.79. The third-order valence-corrected chi connectivity index (χ3v) is 14.7. The maximum absolute atomic E-state index is 13.9. The molecular formula is C38H51ClN2O6S. The molecule has 2 fully saturated rings. The van der Waals surface area contributed by atoms with Crippen LogP contribution in [0.25, 0.3) is 0 Å². The number of hydrogen-bond donors (Lipinski definition) is 1. The fourth-order valence-corrected chi connectivity index (χ4v) is 10.7. The molecular weight excluding hydrogens is 648 g/mol. The van der Waals surface area contributed by atoms with Gasteiger partial charge in [0.2, 0.25) is 0 Å². The van der Waals surface area contributed by atoms with Crippen molar-refractivity contribution in [2.75, 3.05) is 44.9 Å². The van der Waals surface area contributed by atoms with Crippen molar-refractivity contribution in [1.29, 1.82) is 0 Å². The van der Waals surface area contributed by atoms with Gasteiger partial charge in [-0.15, -0.1) is 0 Å². The number of halogens is 1. The van der Waals surface area contributed by atoms with E-state index in [9.17, 15) is 9.00 Å². The van der Waals surface area contributed by atoms with Crippen LogP contribution >= 0.6 is 11.6 Å². The van der Waals surface area contributed by atoms with Crippen LogP contribution < -0.4 is 14.4 Å². The molecule has 3 heterocycles. The first kappa shape index (κ1) is 34.2. The molecule has 2 bridgehead atoms. The smallest absolute Gasteiger partial charge is 0.262 e. The molecule has 1 N–H and O–H groups in total. The first-order chi connectivity index (χ1) is 23.1. The largest absolute Gasteiger partial charge is 0.490 e. The van der Waals surface area contributed by atoms with Gasteiger partial charge >= 0.3 is 0 Å². The average molecular weight is 699 g/mol. The number of ether oxygens (including phenoxy) is 4. The molecule has 1 unspecified atom stereocenters. The van der Waals surface area contributed by atoms with Gasteiger partial charge in [-0.05, 0) is 117 Å². The average Bonchev–Trinajstić information content (AvgIpc) is 3.21. The Labute approximate surface area is 291 Å². The molecule has 3 aliphatic heterocycles. The van der Waals surface area contributed by atoms with E-state index in [-0.39, 0.29) is 40.8 Å². The van der Waals surface area contributed by atoms with Gasteiger partial charge in [-0.2, -0.15) is 0 Å². The zero-order valence-corrected chi connectivity index (χ0v) is 30.2. The van der Waals surface area contributed by atoms with Crippen LogP contribution in [0.15, 0.2) is 36.4 Å². The highest BCUT2D eigenvalue weighted by Gasteiger charge is 2.46. The summed E-state index contributed by atoms with van der Waals surface area (Å²) in [6.07, 6.45) is 7.87. The van der Waals surface area contributed by atoms with Gasteiger partial charge in [0.1, 0.15) is 11.9 Å². The minimum Gasteiger partial charge on any atom is -0.490 e. The van der Waals surface area contributed by atoms with E-state index in [0.29, 0.717) is 37.2 Å². The Balaban J connectivity index is 1.27. The van der Waals surface area contributed by atoms with E-state index in [1.807, 2.05) is 25.1 Å². The number of methoxy groups -OCH3 is 1. The van der Waals surface area contributed by atoms with Gasteiger partial charge in [0.15, 0.2) is 6.29 Å². The van der Waals surface area contributed by atoms with Crippen LogP contribution in [0, 0.1) is 23.7 Å². The molecule has 5 aliphatic rings. The minimum atomic E-state index is -2.91. The lowest BCUT2D eigenvalue weighted by atomic mass is 9.64. The molecule has 2 aromatic rings. The predicted octanol–water partition coefficient (Wildman–Crippen LogP) is 6.41. The highest BCUT2D eigenvalue weighted by atomic mass is 35.5. The van der Waals surface area contributed by atoms with Gasteiger partial charge in [0.25, 0.3) is 5.91 Å². The van der Waals surface area contributed by atoms with E-state index in [0.717, 1.165) is 80.9 Å². The number of rotatable bonds is 2. The quantitative estimate of drug-likeness (QED) is 0.363. The molecule has 0 aromatic heterocycles. The highest BCUT2D eigenvalue weighted by molar-refractivity contribution is 7.99. The zero-order valence-electron chi connectivity index (χ0n) is 28.6. The van der Waals surface area contributed by atoms with Crippen molar-refractivity contribution >= 4 is 38.8 Å². The standard InChI is InChI=1S/C38H51ClN2O6S/c1-24-7-5-9-32(37-45-20-30(44-3)21-46-37)31-13-10-28(31)19-41-22-38(16-6-8-26-17-29(39)12-14-33(26)38)23-47-35-15-11-27(18-34(35)41)36(42)40-48(4,43)25(24)2/h11-12,14-15,17-18,24-25,28,30-32,37H,4-10,13,16,19-23H2,1-3H3,(H,40,42,43)/t24-,25+,28-,30?,31+,32+,37?,38-,48?/m0/s1. The maximum atomic E-state index is 13.9. The van der Waals surface area contributed by atoms with E-state index >= 15 is 0 Å². The second kappa shape index (κ2) is 13.8. The number of benzene rings is 2. The topological polar surface area (TPSA) is 86.3 Å². The van der Waals surface area contributed by atoms with Gasteiger partial charge in [0.05, 0.1) is 35.2 Å². The fourth-order valence-electron chi connectivity index (χ4n) is 8.95. The molecule has 8 nitrogen and oxygen atoms in total. The number of hydrogen-bond acceptors (Lipinski definition) is 7. The van der Waals surface area contributed by atoms with Crippen LogP contribution in [-0.4, -0.2) is 73.7 Å². The molecule has 1 saturated carbocycles. The highest BCUT2D eigenvalue weighted by Crippen LogP contribution is 2.49. The Morgan fingerprint density at radius 1 is 1.04 bits per heavy atom. The molecule has 10 heteroatoms. The molecule has 1 amide bonds. The first-order valence-corrected chi connectivity index (χ1v) is 20.0. The van der Waals surface area contributed by atoms with Crippen molar-refractivity contribution in [3.63, 3.8) is 0 Å². The second-order valence-corrected chi connectivity index (χ2v) is 18.0. The fraction of sp³-hybridized carbons (Fsp3) is 0.632. The SMILES string of the molecule is C=S1(=O)NC(=O)c2ccc3c(c2)N(C[C@@H]2CC[C@H]2[C@H](C2OCC(OC)CO2)CCC[C@H](C)[C@H]1C)C[C@@]1(CCCc2cc(Cl)ccc21)CO3. The van der Waals surface area contributed by atoms with Crippen LogP contribution in [0.3, 0.4) is 0 Å². The summed E-state index contributed by atoms with van der Waals surface area (Å²) in [5.74, 6) is 5.72. The van der Waals surface area contributed by atoms with Gasteiger partial charge < -0.3 is 23.8 Å². The molecule has 1 spiro atoms. The molecule has 2 aliphatic carbocycles. The van der Waals surface area contributed by atoms with Gasteiger partial charge in [-0.1, -0.05) is 31.0 Å². The Morgan fingerprint density at radius 2 is 1.85 bits per heavy atom. The van der Waals surface area contributed by atoms with Crippen LogP contribution in [0.2, 0.25) is 5.02 Å². The summed E-state index contributed by atoms with van der Waals surface area (Å²) in [4.78, 5) is 16.2. The van der Waals surface area contributed by atoms with E-state index in [1.54, 1.807) is 13.2 Å². The van der Waals surface area contributed by atoms with Crippen molar-refractivity contribution in [3.05, 3.63) is 58.1 Å². The third-order valence-electron chi connectivity index (χ3n) is 12.2. The summed E-state index contributed by atoms with van der Waals surface area (Å²) in [6.45, 7) is 7.32. The van der Waals surface area contributed by atoms with Crippen molar-refractivity contribution in [1.82, 2.24) is 4.72 Å². The summed E-state index contributed by atoms with van der Waals surface area (Å²) >= 11 is 6.48. The number of amides is 1. The van der Waals surface area contributed by atoms with Crippen molar-refractivity contribution in [2.45, 2.75) is 88.3 Å². The van der Waals surface area contributed by atoms with Gasteiger partial charge in [-0.25, -0.2) is 4.21 Å². The van der Waals surface area contributed by atoms with Gasteiger partial charge in [-0.3, -0.25) is 9.52 Å². The molecule has 2 aromatic carbocycles. The second-order valence-electron chi connectivity index (χ2n) is 15.1. The number of nitrogens with zero attached hydrogens (tertiary/aromatic N) is 1. The number of aryl methyl sites for hydroxylation is 1. The van der Waals surface area contributed by atoms with Crippen LogP contribution in [0.1, 0.15) is 80.3 Å². The summed E-state index contributed by atoms with van der Waals surface area (Å²) in [5, 5.41) is 0.483. The molecule has 1 saturated heterocycles. The number of carbonyl (C=O) groups excluding carboxylic acids is 1. The molecule has 7 atom stereocenters. The van der Waals surface area contributed by atoms with E-state index in [4.69, 9.17) is 30.5 Å². The minimum absolute atomic E-state index is 0.0434. The Morgan fingerprint density at radius 3 is 2.60 bits per heavy atom. The van der Waals surface area contributed by atoms with Crippen molar-refractivity contribution in [3.8, 4) is 5.75 Å². The zero-order chi connectivity index (χ0) is 33.6. The lowest BCUT2D eigenvalue weighted by Crippen LogP contribution is -2.51. The maximum Gasteiger partial charge on any atom is 0.262 e. The van der Waals surface area contributed by atoms with Crippen LogP contribution in [-0.2, 0) is 35.8 Å². The Kier molecular flexibility index (Phi) is 9.81. The monoisotopic (exact) mass is 698 g/mol. The molecule has 48 heavy (non-hydrogen) atoms. The summed E-state index contributed by atoms with van der Waals surface area (Å²) < 4.78 is 41.7. The molecule has 262 valence electrons. The van der Waals surface area contributed by atoms with Crippen LogP contribution in [0.5, 0.6) is 5.75 Å². The van der Waals surface area contributed by atoms with Gasteiger partial charge in [0, 0.05) is 47.4 Å². The van der Waals surface area contributed by atoms with E-state index < -0.39 is 9.71 Å². The van der Waals surface area contributed by atoms with Crippen molar-refractivity contribution < 1.29 is 28.0 Å². The van der Waals surface area contributed by atoms with Crippen LogP contribution in [0.4, 0.5) is 5.69 Å². The Hall–Kier alpha value is -2.30. The summed E-state index contributed by atoms with van der Waals surface area (Å²) in [7, 11) is -1.20. The number of fused-ring (bicyclic) bond motifs is 4. The number of carbonyl (C=O) groups is 1. The van der Waals surface area contributed by atoms with E-state index in [2.05, 4.69) is 34.5 Å². The van der Waals surface area contributed by atoms with E-state index in [1.165, 1.54) is 11.1 Å². The number of anilines is 1. The third kappa shape index (κ3) is 6.62. The molecule has 7 rings (SSSR count).